The van der Waals surface area contributed by atoms with E-state index in [-0.39, 0.29) is 25.0 Å². The van der Waals surface area contributed by atoms with Gasteiger partial charge < -0.3 is 19.8 Å². The van der Waals surface area contributed by atoms with Gasteiger partial charge in [0.2, 0.25) is 0 Å². The van der Waals surface area contributed by atoms with Crippen molar-refractivity contribution in [3.63, 3.8) is 0 Å². The first-order chi connectivity index (χ1) is 11.1. The third-order valence-electron chi connectivity index (χ3n) is 4.49. The number of halogens is 1. The quantitative estimate of drug-likeness (QED) is 0.828. The molecule has 1 unspecified atom stereocenters. The van der Waals surface area contributed by atoms with Crippen LogP contribution >= 0.6 is 11.6 Å². The molecule has 0 spiro atoms. The molecule has 23 heavy (non-hydrogen) atoms. The molecule has 0 radical (unpaired) electrons. The van der Waals surface area contributed by atoms with Crippen molar-refractivity contribution in [1.82, 2.24) is 4.90 Å². The minimum Gasteiger partial charge on any atom is -0.394 e. The highest BCUT2D eigenvalue weighted by atomic mass is 35.5. The summed E-state index contributed by atoms with van der Waals surface area (Å²) in [6.45, 7) is 0.750. The SMILES string of the molecule is O=C1[C@H](CC(O)CO)OC[C@H](c2ccc(Cl)cc2)N1CC1CC1. The smallest absolute Gasteiger partial charge is 0.252 e. The molecule has 126 valence electrons. The molecule has 3 atom stereocenters. The number of ether oxygens (including phenoxy) is 1. The fourth-order valence-electron chi connectivity index (χ4n) is 2.95. The van der Waals surface area contributed by atoms with Crippen molar-refractivity contribution in [3.05, 3.63) is 34.9 Å². The Morgan fingerprint density at radius 1 is 1.30 bits per heavy atom. The molecule has 1 aromatic rings. The summed E-state index contributed by atoms with van der Waals surface area (Å²) in [4.78, 5) is 14.6. The first-order valence-corrected chi connectivity index (χ1v) is 8.42. The van der Waals surface area contributed by atoms with E-state index in [1.165, 1.54) is 0 Å². The number of carbonyl (C=O) groups excluding carboxylic acids is 1. The molecule has 0 bridgehead atoms. The van der Waals surface area contributed by atoms with Gasteiger partial charge in [0.15, 0.2) is 0 Å². The number of rotatable bonds is 6. The van der Waals surface area contributed by atoms with Crippen molar-refractivity contribution in [3.8, 4) is 0 Å². The Bertz CT molecular complexity index is 546. The van der Waals surface area contributed by atoms with E-state index in [1.807, 2.05) is 29.2 Å². The monoisotopic (exact) mass is 339 g/mol. The predicted octanol–water partition coefficient (Wildman–Crippen LogP) is 1.76. The van der Waals surface area contributed by atoms with Crippen molar-refractivity contribution in [2.24, 2.45) is 5.92 Å². The molecule has 1 aliphatic heterocycles. The number of hydrogen-bond acceptors (Lipinski definition) is 4. The van der Waals surface area contributed by atoms with E-state index in [1.54, 1.807) is 0 Å². The number of aliphatic hydroxyl groups is 2. The second-order valence-corrected chi connectivity index (χ2v) is 6.83. The summed E-state index contributed by atoms with van der Waals surface area (Å²) in [5.74, 6) is 0.464. The van der Waals surface area contributed by atoms with Gasteiger partial charge in [-0.05, 0) is 36.5 Å². The van der Waals surface area contributed by atoms with Gasteiger partial charge in [-0.25, -0.2) is 0 Å². The molecule has 2 aliphatic rings. The lowest BCUT2D eigenvalue weighted by molar-refractivity contribution is -0.163. The van der Waals surface area contributed by atoms with Gasteiger partial charge in [-0.15, -0.1) is 0 Å². The van der Waals surface area contributed by atoms with E-state index < -0.39 is 12.2 Å². The lowest BCUT2D eigenvalue weighted by atomic mass is 10.0. The van der Waals surface area contributed by atoms with Crippen molar-refractivity contribution >= 4 is 17.5 Å². The van der Waals surface area contributed by atoms with Crippen LogP contribution in [-0.4, -0.2) is 53.0 Å². The van der Waals surface area contributed by atoms with Gasteiger partial charge >= 0.3 is 0 Å². The van der Waals surface area contributed by atoms with Crippen LogP contribution in [-0.2, 0) is 9.53 Å². The molecule has 1 heterocycles. The van der Waals surface area contributed by atoms with E-state index in [4.69, 9.17) is 21.4 Å². The van der Waals surface area contributed by atoms with Gasteiger partial charge in [0.25, 0.3) is 5.91 Å². The normalized spacial score (nSPS) is 26.4. The predicted molar refractivity (Wildman–Crippen MR) is 86.1 cm³/mol. The number of benzene rings is 1. The average Bonchev–Trinajstić information content (AvgIpc) is 3.36. The largest absolute Gasteiger partial charge is 0.394 e. The molecule has 6 heteroatoms. The number of nitrogens with zero attached hydrogens (tertiary/aromatic N) is 1. The maximum atomic E-state index is 12.8. The lowest BCUT2D eigenvalue weighted by Crippen LogP contribution is -2.51. The molecule has 2 N–H and O–H groups in total. The Labute approximate surface area is 140 Å². The van der Waals surface area contributed by atoms with Crippen molar-refractivity contribution in [1.29, 1.82) is 0 Å². The van der Waals surface area contributed by atoms with Crippen LogP contribution in [0.2, 0.25) is 5.02 Å². The van der Waals surface area contributed by atoms with Crippen LogP contribution in [0.5, 0.6) is 0 Å². The van der Waals surface area contributed by atoms with E-state index in [9.17, 15) is 9.90 Å². The zero-order valence-corrected chi connectivity index (χ0v) is 13.7. The fourth-order valence-corrected chi connectivity index (χ4v) is 3.08. The number of morpholine rings is 1. The molecule has 3 rings (SSSR count). The second-order valence-electron chi connectivity index (χ2n) is 6.40. The Morgan fingerprint density at radius 2 is 2.00 bits per heavy atom. The third kappa shape index (κ3) is 4.04. The molecule has 0 aromatic heterocycles. The molecule has 1 saturated heterocycles. The summed E-state index contributed by atoms with van der Waals surface area (Å²) in [6.07, 6.45) is 0.825. The standard InChI is InChI=1S/C17H22ClNO4/c18-13-5-3-12(4-6-13)15-10-23-16(7-14(21)9-20)17(22)19(15)8-11-1-2-11/h3-6,11,14-16,20-21H,1-2,7-10H2/t14?,15-,16+/m1/s1. The molecular weight excluding hydrogens is 318 g/mol. The van der Waals surface area contributed by atoms with Gasteiger partial charge in [0.1, 0.15) is 6.10 Å². The summed E-state index contributed by atoms with van der Waals surface area (Å²) < 4.78 is 5.70. The van der Waals surface area contributed by atoms with Crippen molar-refractivity contribution in [2.75, 3.05) is 19.8 Å². The molecule has 5 nitrogen and oxygen atoms in total. The van der Waals surface area contributed by atoms with Crippen LogP contribution in [0, 0.1) is 5.92 Å². The number of aliphatic hydroxyl groups excluding tert-OH is 2. The van der Waals surface area contributed by atoms with Crippen LogP contribution in [0.25, 0.3) is 0 Å². The molecule has 1 saturated carbocycles. The van der Waals surface area contributed by atoms with Crippen LogP contribution in [0.3, 0.4) is 0 Å². The summed E-state index contributed by atoms with van der Waals surface area (Å²) in [5.41, 5.74) is 1.00. The number of hydrogen-bond donors (Lipinski definition) is 2. The van der Waals surface area contributed by atoms with Crippen molar-refractivity contribution < 1.29 is 19.7 Å². The average molecular weight is 340 g/mol. The van der Waals surface area contributed by atoms with Crippen molar-refractivity contribution in [2.45, 2.75) is 37.5 Å². The second kappa shape index (κ2) is 7.18. The first-order valence-electron chi connectivity index (χ1n) is 8.05. The Kier molecular flexibility index (Phi) is 5.21. The van der Waals surface area contributed by atoms with Crippen LogP contribution < -0.4 is 0 Å². The lowest BCUT2D eigenvalue weighted by Gasteiger charge is -2.40. The molecule has 1 aliphatic carbocycles. The molecule has 1 aromatic carbocycles. The molecular formula is C17H22ClNO4. The van der Waals surface area contributed by atoms with E-state index in [0.29, 0.717) is 17.5 Å². The Balaban J connectivity index is 1.77. The Morgan fingerprint density at radius 3 is 2.61 bits per heavy atom. The maximum Gasteiger partial charge on any atom is 0.252 e. The number of amides is 1. The summed E-state index contributed by atoms with van der Waals surface area (Å²) in [5, 5.41) is 19.3. The zero-order valence-electron chi connectivity index (χ0n) is 12.9. The van der Waals surface area contributed by atoms with Gasteiger partial charge in [-0.2, -0.15) is 0 Å². The summed E-state index contributed by atoms with van der Waals surface area (Å²) >= 11 is 5.94. The van der Waals surface area contributed by atoms with Crippen LogP contribution in [0.4, 0.5) is 0 Å². The Hall–Kier alpha value is -1.14. The third-order valence-corrected chi connectivity index (χ3v) is 4.75. The zero-order chi connectivity index (χ0) is 16.4. The fraction of sp³-hybridized carbons (Fsp3) is 0.588. The highest BCUT2D eigenvalue weighted by Gasteiger charge is 2.40. The minimum atomic E-state index is -0.932. The van der Waals surface area contributed by atoms with Gasteiger partial charge in [-0.1, -0.05) is 23.7 Å². The number of carbonyl (C=O) groups is 1. The highest BCUT2D eigenvalue weighted by Crippen LogP contribution is 2.36. The minimum absolute atomic E-state index is 0.101. The van der Waals surface area contributed by atoms with E-state index in [2.05, 4.69) is 0 Å². The highest BCUT2D eigenvalue weighted by molar-refractivity contribution is 6.30. The maximum absolute atomic E-state index is 12.8. The first kappa shape index (κ1) is 16.7. The summed E-state index contributed by atoms with van der Waals surface area (Å²) in [7, 11) is 0. The van der Waals surface area contributed by atoms with Gasteiger partial charge in [0, 0.05) is 18.0 Å². The topological polar surface area (TPSA) is 70.0 Å². The van der Waals surface area contributed by atoms with Gasteiger partial charge in [-0.3, -0.25) is 4.79 Å². The van der Waals surface area contributed by atoms with Gasteiger partial charge in [0.05, 0.1) is 25.4 Å². The van der Waals surface area contributed by atoms with E-state index in [0.717, 1.165) is 24.9 Å². The van der Waals surface area contributed by atoms with Crippen LogP contribution in [0.15, 0.2) is 24.3 Å². The molecule has 1 amide bonds. The molecule has 2 fully saturated rings. The van der Waals surface area contributed by atoms with Crippen LogP contribution in [0.1, 0.15) is 30.9 Å². The summed E-state index contributed by atoms with van der Waals surface area (Å²) in [6, 6.07) is 7.36. The van der Waals surface area contributed by atoms with E-state index >= 15 is 0 Å².